The van der Waals surface area contributed by atoms with Crippen molar-refractivity contribution in [2.75, 3.05) is 0 Å². The lowest BCUT2D eigenvalue weighted by atomic mass is 10.2. The molecule has 0 radical (unpaired) electrons. The number of hydrogen-bond acceptors (Lipinski definition) is 8. The fraction of sp³-hybridized carbons (Fsp3) is 0. The van der Waals surface area contributed by atoms with Crippen LogP contribution in [-0.2, 0) is 9.37 Å². The van der Waals surface area contributed by atoms with Crippen molar-refractivity contribution in [2.45, 2.75) is 4.90 Å². The van der Waals surface area contributed by atoms with E-state index in [1.807, 2.05) is 0 Å². The average molecular weight is 361 g/mol. The van der Waals surface area contributed by atoms with E-state index in [2.05, 4.69) is 24.6 Å². The van der Waals surface area contributed by atoms with Gasteiger partial charge in [0.1, 0.15) is 5.69 Å². The molecule has 0 saturated carbocycles. The Bertz CT molecular complexity index is 956. The van der Waals surface area contributed by atoms with E-state index in [0.29, 0.717) is 15.8 Å². The zero-order chi connectivity index (χ0) is 17.8. The predicted octanol–water partition coefficient (Wildman–Crippen LogP) is 4.42. The Balaban J connectivity index is 2.01. The van der Waals surface area contributed by atoms with Gasteiger partial charge in [0.05, 0.1) is 23.1 Å². The summed E-state index contributed by atoms with van der Waals surface area (Å²) in [5, 5.41) is 39.4. The number of aromatic hydroxyl groups is 1. The van der Waals surface area contributed by atoms with Crippen LogP contribution in [0.1, 0.15) is 10.4 Å². The normalized spacial score (nSPS) is 11.4. The Morgan fingerprint density at radius 2 is 1.96 bits per heavy atom. The molecular weight excluding hydrogens is 350 g/mol. The average Bonchev–Trinajstić information content (AvgIpc) is 2.92. The SMILES string of the molecule is O=C(O)c1ccccc1N=Nc1c(O)[nH]c2ccc(SOOO)cc12. The highest BCUT2D eigenvalue weighted by Crippen LogP contribution is 2.38. The minimum atomic E-state index is -1.13. The van der Waals surface area contributed by atoms with E-state index in [1.54, 1.807) is 30.3 Å². The maximum atomic E-state index is 11.2. The second-order valence-corrected chi connectivity index (χ2v) is 5.55. The Labute approximate surface area is 144 Å². The first kappa shape index (κ1) is 16.9. The number of fused-ring (bicyclic) bond motifs is 1. The quantitative estimate of drug-likeness (QED) is 0.221. The molecule has 9 nitrogen and oxygen atoms in total. The van der Waals surface area contributed by atoms with E-state index in [9.17, 15) is 9.90 Å². The van der Waals surface area contributed by atoms with Crippen molar-refractivity contribution in [3.63, 3.8) is 0 Å². The van der Waals surface area contributed by atoms with Gasteiger partial charge in [-0.3, -0.25) is 0 Å². The molecule has 0 atom stereocenters. The van der Waals surface area contributed by atoms with Crippen LogP contribution in [0.2, 0.25) is 0 Å². The number of azo groups is 1. The Morgan fingerprint density at radius 3 is 2.72 bits per heavy atom. The molecule has 0 aliphatic heterocycles. The van der Waals surface area contributed by atoms with Crippen molar-refractivity contribution in [1.82, 2.24) is 4.98 Å². The highest BCUT2D eigenvalue weighted by molar-refractivity contribution is 7.94. The fourth-order valence-electron chi connectivity index (χ4n) is 2.20. The summed E-state index contributed by atoms with van der Waals surface area (Å²) in [5.41, 5.74) is 0.886. The lowest BCUT2D eigenvalue weighted by molar-refractivity contribution is -0.432. The van der Waals surface area contributed by atoms with Crippen LogP contribution in [0.5, 0.6) is 5.88 Å². The standard InChI is InChI=1S/C15H11N3O6S/c19-14-13(18-17-12-4-2-1-3-9(12)15(20)21)10-7-8(25-24-23-22)5-6-11(10)16-14/h1-7,16,19,22H,(H,20,21). The molecule has 1 heterocycles. The van der Waals surface area contributed by atoms with Gasteiger partial charge in [-0.2, -0.15) is 0 Å². The Hall–Kier alpha value is -2.92. The Morgan fingerprint density at radius 1 is 1.16 bits per heavy atom. The molecule has 0 aliphatic rings. The third kappa shape index (κ3) is 3.61. The summed E-state index contributed by atoms with van der Waals surface area (Å²) in [6.45, 7) is 0. The van der Waals surface area contributed by atoms with Crippen molar-refractivity contribution >= 4 is 40.3 Å². The molecule has 3 rings (SSSR count). The molecule has 1 aromatic heterocycles. The van der Waals surface area contributed by atoms with Gasteiger partial charge >= 0.3 is 5.97 Å². The molecular formula is C15H11N3O6S. The molecule has 128 valence electrons. The van der Waals surface area contributed by atoms with Crippen LogP contribution in [0.3, 0.4) is 0 Å². The van der Waals surface area contributed by atoms with Crippen LogP contribution >= 0.6 is 12.0 Å². The number of rotatable bonds is 6. The fourth-order valence-corrected chi connectivity index (χ4v) is 2.59. The molecule has 0 fully saturated rings. The first-order chi connectivity index (χ1) is 12.1. The number of benzene rings is 2. The third-order valence-electron chi connectivity index (χ3n) is 3.28. The summed E-state index contributed by atoms with van der Waals surface area (Å²) in [4.78, 5) is 14.5. The van der Waals surface area contributed by atoms with Gasteiger partial charge in [0, 0.05) is 10.3 Å². The second-order valence-electron chi connectivity index (χ2n) is 4.78. The molecule has 0 spiro atoms. The Kier molecular flexibility index (Phi) is 4.95. The van der Waals surface area contributed by atoms with Gasteiger partial charge in [-0.25, -0.2) is 10.1 Å². The lowest BCUT2D eigenvalue weighted by Crippen LogP contribution is -1.95. The summed E-state index contributed by atoms with van der Waals surface area (Å²) in [6.07, 6.45) is 0. The molecule has 0 bridgehead atoms. The third-order valence-corrected chi connectivity index (χ3v) is 3.85. The maximum Gasteiger partial charge on any atom is 0.337 e. The van der Waals surface area contributed by atoms with Crippen LogP contribution in [-0.4, -0.2) is 26.4 Å². The van der Waals surface area contributed by atoms with Crippen molar-refractivity contribution in [3.8, 4) is 5.88 Å². The summed E-state index contributed by atoms with van der Waals surface area (Å²) >= 11 is 0.756. The summed E-state index contributed by atoms with van der Waals surface area (Å²) in [5.74, 6) is -1.34. The molecule has 3 aromatic rings. The zero-order valence-electron chi connectivity index (χ0n) is 12.4. The highest BCUT2D eigenvalue weighted by atomic mass is 32.2. The van der Waals surface area contributed by atoms with E-state index in [1.165, 1.54) is 12.1 Å². The topological polar surface area (TPSA) is 137 Å². The summed E-state index contributed by atoms with van der Waals surface area (Å²) in [7, 11) is 0. The summed E-state index contributed by atoms with van der Waals surface area (Å²) in [6, 6.07) is 11.1. The number of aromatic carboxylic acids is 1. The molecule has 10 heteroatoms. The van der Waals surface area contributed by atoms with E-state index < -0.39 is 5.97 Å². The van der Waals surface area contributed by atoms with E-state index >= 15 is 0 Å². The first-order valence-electron chi connectivity index (χ1n) is 6.83. The molecule has 4 N–H and O–H groups in total. The van der Waals surface area contributed by atoms with E-state index in [0.717, 1.165) is 12.0 Å². The first-order valence-corrected chi connectivity index (χ1v) is 7.58. The lowest BCUT2D eigenvalue weighted by Gasteiger charge is -1.99. The van der Waals surface area contributed by atoms with Crippen LogP contribution in [0.25, 0.3) is 10.9 Å². The number of nitrogens with one attached hydrogen (secondary N) is 1. The number of nitrogens with zero attached hydrogens (tertiary/aromatic N) is 2. The van der Waals surface area contributed by atoms with Crippen molar-refractivity contribution in [3.05, 3.63) is 48.0 Å². The van der Waals surface area contributed by atoms with Crippen molar-refractivity contribution in [1.29, 1.82) is 0 Å². The number of hydrogen-bond donors (Lipinski definition) is 4. The minimum absolute atomic E-state index is 0.00433. The van der Waals surface area contributed by atoms with Crippen molar-refractivity contribution < 1.29 is 29.6 Å². The maximum absolute atomic E-state index is 11.2. The number of carboxylic acids is 1. The van der Waals surface area contributed by atoms with Gasteiger partial charge in [0.2, 0.25) is 5.88 Å². The minimum Gasteiger partial charge on any atom is -0.493 e. The zero-order valence-corrected chi connectivity index (χ0v) is 13.2. The predicted molar refractivity (Wildman–Crippen MR) is 88.2 cm³/mol. The molecule has 0 aliphatic carbocycles. The smallest absolute Gasteiger partial charge is 0.337 e. The van der Waals surface area contributed by atoms with Crippen LogP contribution in [0.4, 0.5) is 11.4 Å². The van der Waals surface area contributed by atoms with Gasteiger partial charge in [-0.1, -0.05) is 17.2 Å². The molecule has 25 heavy (non-hydrogen) atoms. The van der Waals surface area contributed by atoms with E-state index in [-0.39, 0.29) is 22.8 Å². The van der Waals surface area contributed by atoms with Crippen molar-refractivity contribution in [2.24, 2.45) is 10.2 Å². The number of carbonyl (C=O) groups is 1. The van der Waals surface area contributed by atoms with Crippen LogP contribution < -0.4 is 0 Å². The van der Waals surface area contributed by atoms with Gasteiger partial charge < -0.3 is 15.2 Å². The number of carboxylic acid groups (broad SMARTS) is 1. The molecule has 0 unspecified atom stereocenters. The van der Waals surface area contributed by atoms with Gasteiger partial charge in [-0.15, -0.1) is 14.6 Å². The highest BCUT2D eigenvalue weighted by Gasteiger charge is 2.13. The van der Waals surface area contributed by atoms with Gasteiger partial charge in [-0.05, 0) is 30.3 Å². The number of H-pyrrole nitrogens is 1. The monoisotopic (exact) mass is 361 g/mol. The largest absolute Gasteiger partial charge is 0.493 e. The number of aromatic nitrogens is 1. The van der Waals surface area contributed by atoms with Crippen LogP contribution in [0, 0.1) is 0 Å². The summed E-state index contributed by atoms with van der Waals surface area (Å²) < 4.78 is 4.37. The number of aromatic amines is 1. The molecule has 0 amide bonds. The molecule has 0 saturated heterocycles. The van der Waals surface area contributed by atoms with Crippen LogP contribution in [0.15, 0.2) is 57.6 Å². The van der Waals surface area contributed by atoms with E-state index in [4.69, 9.17) is 10.4 Å². The van der Waals surface area contributed by atoms with Gasteiger partial charge in [0.15, 0.2) is 5.69 Å². The molecule has 2 aromatic carbocycles. The van der Waals surface area contributed by atoms with Gasteiger partial charge in [0.25, 0.3) is 0 Å². The second kappa shape index (κ2) is 7.32.